The quantitative estimate of drug-likeness (QED) is 0.457. The number of nitrogens with zero attached hydrogens (tertiary/aromatic N) is 1. The molecule has 1 heterocycles. The molecule has 126 valence electrons. The third kappa shape index (κ3) is 4.87. The van der Waals surface area contributed by atoms with E-state index in [1.807, 2.05) is 6.92 Å². The van der Waals surface area contributed by atoms with Crippen LogP contribution in [-0.4, -0.2) is 25.0 Å². The number of amides is 2. The largest absolute Gasteiger partial charge is 0.619 e. The zero-order valence-electron chi connectivity index (χ0n) is 13.0. The van der Waals surface area contributed by atoms with Gasteiger partial charge < -0.3 is 14.7 Å². The third-order valence-electron chi connectivity index (χ3n) is 2.89. The summed E-state index contributed by atoms with van der Waals surface area (Å²) in [6, 6.07) is 9.64. The number of hydrogen-bond acceptors (Lipinski definition) is 5. The monoisotopic (exact) mass is 331 g/mol. The molecule has 2 rings (SSSR count). The van der Waals surface area contributed by atoms with E-state index in [-0.39, 0.29) is 12.2 Å². The zero-order chi connectivity index (χ0) is 17.4. The third-order valence-corrected chi connectivity index (χ3v) is 2.89. The minimum absolute atomic E-state index is 0.241. The highest BCUT2D eigenvalue weighted by Crippen LogP contribution is 2.26. The second-order valence-electron chi connectivity index (χ2n) is 4.62. The van der Waals surface area contributed by atoms with Crippen molar-refractivity contribution in [2.24, 2.45) is 0 Å². The molecular formula is C16H17N3O5. The first-order valence-corrected chi connectivity index (χ1v) is 7.22. The van der Waals surface area contributed by atoms with Crippen LogP contribution < -0.4 is 25.1 Å². The Balaban J connectivity index is 1.81. The first-order valence-electron chi connectivity index (χ1n) is 7.22. The average Bonchev–Trinajstić information content (AvgIpc) is 2.60. The fourth-order valence-corrected chi connectivity index (χ4v) is 1.79. The number of hydrogen-bond donors (Lipinski definition) is 2. The molecule has 2 aromatic rings. The van der Waals surface area contributed by atoms with Crippen molar-refractivity contribution in [3.63, 3.8) is 0 Å². The summed E-state index contributed by atoms with van der Waals surface area (Å²) in [6.07, 6.45) is 2.37. The minimum atomic E-state index is -0.543. The summed E-state index contributed by atoms with van der Waals surface area (Å²) in [4.78, 5) is 23.5. The van der Waals surface area contributed by atoms with Crippen molar-refractivity contribution in [3.05, 3.63) is 59.6 Å². The zero-order valence-corrected chi connectivity index (χ0v) is 13.0. The maximum Gasteiger partial charge on any atom is 0.276 e. The molecule has 2 amide bonds. The fraction of sp³-hybridized carbons (Fsp3) is 0.188. The fourth-order valence-electron chi connectivity index (χ4n) is 1.79. The maximum atomic E-state index is 11.8. The van der Waals surface area contributed by atoms with Gasteiger partial charge in [-0.15, -0.1) is 0 Å². The van der Waals surface area contributed by atoms with Gasteiger partial charge in [0.1, 0.15) is 0 Å². The van der Waals surface area contributed by atoms with Crippen molar-refractivity contribution < 1.29 is 23.8 Å². The number of nitrogens with one attached hydrogen (secondary N) is 2. The van der Waals surface area contributed by atoms with Crippen LogP contribution in [0.3, 0.4) is 0 Å². The molecule has 1 aromatic carbocycles. The Bertz CT molecular complexity index is 703. The number of carbonyl (C=O) groups excluding carboxylic acids is 2. The normalized spacial score (nSPS) is 9.88. The SMILES string of the molecule is CCOc1ccccc1OCC(=O)NNC(=O)c1cc[n+]([O-])cc1. The average molecular weight is 331 g/mol. The van der Waals surface area contributed by atoms with Gasteiger partial charge >= 0.3 is 0 Å². The van der Waals surface area contributed by atoms with Crippen molar-refractivity contribution in [2.75, 3.05) is 13.2 Å². The second kappa shape index (κ2) is 8.37. The van der Waals surface area contributed by atoms with Crippen LogP contribution in [0.25, 0.3) is 0 Å². The molecular weight excluding hydrogens is 314 g/mol. The molecule has 0 unspecified atom stereocenters. The number of hydrazine groups is 1. The molecule has 0 spiro atoms. The Morgan fingerprint density at radius 2 is 1.67 bits per heavy atom. The molecule has 2 N–H and O–H groups in total. The van der Waals surface area contributed by atoms with E-state index in [4.69, 9.17) is 9.47 Å². The molecule has 8 nitrogen and oxygen atoms in total. The highest BCUT2D eigenvalue weighted by atomic mass is 16.5. The lowest BCUT2D eigenvalue weighted by Crippen LogP contribution is -2.44. The lowest BCUT2D eigenvalue weighted by Gasteiger charge is -2.12. The van der Waals surface area contributed by atoms with E-state index in [1.54, 1.807) is 24.3 Å². The molecule has 0 saturated carbocycles. The Hall–Kier alpha value is -3.29. The van der Waals surface area contributed by atoms with Gasteiger partial charge in [0.15, 0.2) is 30.5 Å². The number of benzene rings is 1. The van der Waals surface area contributed by atoms with Gasteiger partial charge in [0.25, 0.3) is 11.8 Å². The van der Waals surface area contributed by atoms with Crippen LogP contribution in [0, 0.1) is 5.21 Å². The summed E-state index contributed by atoms with van der Waals surface area (Å²) in [5.41, 5.74) is 4.70. The number of pyridine rings is 1. The molecule has 1 aromatic heterocycles. The van der Waals surface area contributed by atoms with Crippen LogP contribution in [0.1, 0.15) is 17.3 Å². The molecule has 8 heteroatoms. The van der Waals surface area contributed by atoms with Gasteiger partial charge in [-0.2, -0.15) is 4.73 Å². The Kier molecular flexibility index (Phi) is 5.95. The van der Waals surface area contributed by atoms with Crippen molar-refractivity contribution in [1.82, 2.24) is 10.9 Å². The summed E-state index contributed by atoms with van der Waals surface area (Å²) in [6.45, 7) is 2.03. The summed E-state index contributed by atoms with van der Waals surface area (Å²) in [5, 5.41) is 10.9. The van der Waals surface area contributed by atoms with Crippen molar-refractivity contribution in [1.29, 1.82) is 0 Å². The summed E-state index contributed by atoms with van der Waals surface area (Å²) in [5.74, 6) is -0.112. The number of para-hydroxylation sites is 2. The van der Waals surface area contributed by atoms with Gasteiger partial charge in [-0.3, -0.25) is 20.4 Å². The molecule has 0 aliphatic rings. The van der Waals surface area contributed by atoms with Gasteiger partial charge in [0.2, 0.25) is 0 Å². The van der Waals surface area contributed by atoms with Gasteiger partial charge in [0, 0.05) is 12.1 Å². The van der Waals surface area contributed by atoms with Gasteiger partial charge in [-0.25, -0.2) is 0 Å². The van der Waals surface area contributed by atoms with Crippen LogP contribution in [-0.2, 0) is 4.79 Å². The number of ether oxygens (including phenoxy) is 2. The topological polar surface area (TPSA) is 104 Å². The molecule has 24 heavy (non-hydrogen) atoms. The van der Waals surface area contributed by atoms with E-state index in [1.165, 1.54) is 24.5 Å². The highest BCUT2D eigenvalue weighted by molar-refractivity contribution is 5.95. The Morgan fingerprint density at radius 3 is 2.29 bits per heavy atom. The van der Waals surface area contributed by atoms with E-state index in [0.29, 0.717) is 22.8 Å². The summed E-state index contributed by atoms with van der Waals surface area (Å²) < 4.78 is 11.3. The molecule has 0 aliphatic carbocycles. The minimum Gasteiger partial charge on any atom is -0.619 e. The lowest BCUT2D eigenvalue weighted by atomic mass is 10.2. The first-order chi connectivity index (χ1) is 11.6. The first kappa shape index (κ1) is 17.1. The predicted molar refractivity (Wildman–Crippen MR) is 84.1 cm³/mol. The van der Waals surface area contributed by atoms with E-state index >= 15 is 0 Å². The lowest BCUT2D eigenvalue weighted by molar-refractivity contribution is -0.605. The number of aromatic nitrogens is 1. The van der Waals surface area contributed by atoms with Crippen LogP contribution >= 0.6 is 0 Å². The number of rotatable bonds is 6. The van der Waals surface area contributed by atoms with Gasteiger partial charge in [0.05, 0.1) is 12.2 Å². The van der Waals surface area contributed by atoms with Crippen LogP contribution in [0.15, 0.2) is 48.8 Å². The van der Waals surface area contributed by atoms with Gasteiger partial charge in [-0.05, 0) is 19.1 Å². The molecule has 0 aliphatic heterocycles. The van der Waals surface area contributed by atoms with E-state index in [0.717, 1.165) is 0 Å². The molecule has 0 fully saturated rings. The highest BCUT2D eigenvalue weighted by Gasteiger charge is 2.10. The van der Waals surface area contributed by atoms with Gasteiger partial charge in [-0.1, -0.05) is 12.1 Å². The standard InChI is InChI=1S/C16H17N3O5/c1-2-23-13-5-3-4-6-14(13)24-11-15(20)17-18-16(21)12-7-9-19(22)10-8-12/h3-10H,2,11H2,1H3,(H,17,20)(H,18,21). The van der Waals surface area contributed by atoms with Crippen molar-refractivity contribution in [3.8, 4) is 11.5 Å². The Labute approximate surface area is 138 Å². The van der Waals surface area contributed by atoms with Crippen LogP contribution in [0.5, 0.6) is 11.5 Å². The summed E-state index contributed by atoms with van der Waals surface area (Å²) in [7, 11) is 0. The Morgan fingerprint density at radius 1 is 1.04 bits per heavy atom. The molecule has 0 bridgehead atoms. The van der Waals surface area contributed by atoms with E-state index < -0.39 is 11.8 Å². The smallest absolute Gasteiger partial charge is 0.276 e. The van der Waals surface area contributed by atoms with Crippen molar-refractivity contribution >= 4 is 11.8 Å². The maximum absolute atomic E-state index is 11.8. The number of carbonyl (C=O) groups is 2. The van der Waals surface area contributed by atoms with Crippen LogP contribution in [0.4, 0.5) is 0 Å². The predicted octanol–water partition coefficient (Wildman–Crippen LogP) is 0.559. The molecule has 0 atom stereocenters. The second-order valence-corrected chi connectivity index (χ2v) is 4.62. The van der Waals surface area contributed by atoms with Crippen LogP contribution in [0.2, 0.25) is 0 Å². The van der Waals surface area contributed by atoms with Crippen molar-refractivity contribution in [2.45, 2.75) is 6.92 Å². The molecule has 0 saturated heterocycles. The molecule has 0 radical (unpaired) electrons. The van der Waals surface area contributed by atoms with E-state index in [2.05, 4.69) is 10.9 Å². The summed E-state index contributed by atoms with van der Waals surface area (Å²) >= 11 is 0. The van der Waals surface area contributed by atoms with E-state index in [9.17, 15) is 14.8 Å².